The highest BCUT2D eigenvalue weighted by Crippen LogP contribution is 2.22. The first kappa shape index (κ1) is 17.5. The predicted octanol–water partition coefficient (Wildman–Crippen LogP) is 2.91. The third kappa shape index (κ3) is 5.05. The molecule has 0 bridgehead atoms. The summed E-state index contributed by atoms with van der Waals surface area (Å²) >= 11 is 0. The lowest BCUT2D eigenvalue weighted by Gasteiger charge is -2.17. The van der Waals surface area contributed by atoms with Crippen molar-refractivity contribution in [1.29, 1.82) is 0 Å². The molecule has 3 N–H and O–H groups in total. The van der Waals surface area contributed by atoms with Crippen LogP contribution in [0.3, 0.4) is 0 Å². The summed E-state index contributed by atoms with van der Waals surface area (Å²) < 4.78 is 5.73. The Balaban J connectivity index is 1.39. The third-order valence-corrected chi connectivity index (χ3v) is 4.25. The smallest absolute Gasteiger partial charge is 0.147 e. The molecular formula is C20H25N3O2. The van der Waals surface area contributed by atoms with Gasteiger partial charge in [0.2, 0.25) is 0 Å². The zero-order valence-corrected chi connectivity index (χ0v) is 14.5. The number of nitrogens with one attached hydrogen (secondary N) is 2. The molecular weight excluding hydrogens is 314 g/mol. The largest absolute Gasteiger partial charge is 0.488 e. The van der Waals surface area contributed by atoms with E-state index < -0.39 is 6.10 Å². The van der Waals surface area contributed by atoms with Crippen molar-refractivity contribution >= 4 is 11.0 Å². The third-order valence-electron chi connectivity index (χ3n) is 4.25. The van der Waals surface area contributed by atoms with Crippen molar-refractivity contribution in [3.63, 3.8) is 0 Å². The minimum absolute atomic E-state index is 0.240. The zero-order chi connectivity index (χ0) is 17.5. The lowest BCUT2D eigenvalue weighted by atomic mass is 10.1. The molecule has 0 spiro atoms. The first-order valence-corrected chi connectivity index (χ1v) is 8.72. The van der Waals surface area contributed by atoms with Gasteiger partial charge in [-0.25, -0.2) is 4.98 Å². The maximum atomic E-state index is 10.2. The average molecular weight is 339 g/mol. The van der Waals surface area contributed by atoms with Gasteiger partial charge in [-0.2, -0.15) is 0 Å². The predicted molar refractivity (Wildman–Crippen MR) is 99.8 cm³/mol. The van der Waals surface area contributed by atoms with E-state index in [2.05, 4.69) is 46.5 Å². The molecule has 0 aliphatic heterocycles. The summed E-state index contributed by atoms with van der Waals surface area (Å²) in [4.78, 5) is 7.30. The van der Waals surface area contributed by atoms with Gasteiger partial charge in [0.15, 0.2) is 0 Å². The van der Waals surface area contributed by atoms with Crippen molar-refractivity contribution < 1.29 is 9.84 Å². The first-order valence-electron chi connectivity index (χ1n) is 8.72. The van der Waals surface area contributed by atoms with Crippen molar-refractivity contribution in [2.75, 3.05) is 13.2 Å². The minimum atomic E-state index is -0.562. The van der Waals surface area contributed by atoms with Gasteiger partial charge >= 0.3 is 0 Å². The molecule has 5 nitrogen and oxygen atoms in total. The van der Waals surface area contributed by atoms with Crippen LogP contribution in [0.5, 0.6) is 5.75 Å². The van der Waals surface area contributed by atoms with Crippen LogP contribution in [0, 0.1) is 0 Å². The molecule has 1 heterocycles. The Labute approximate surface area is 148 Å². The fourth-order valence-corrected chi connectivity index (χ4v) is 2.77. The molecule has 3 rings (SSSR count). The van der Waals surface area contributed by atoms with E-state index in [1.54, 1.807) is 6.33 Å². The summed E-state index contributed by atoms with van der Waals surface area (Å²) in [7, 11) is 0. The van der Waals surface area contributed by atoms with Crippen LogP contribution < -0.4 is 10.1 Å². The number of aliphatic hydroxyl groups is 1. The summed E-state index contributed by atoms with van der Waals surface area (Å²) in [6.07, 6.45) is 3.14. The molecule has 3 aromatic rings. The SMILES string of the molecule is CC(CCc1ccccc1)NCC(O)COc1cccc2[nH]cnc12. The van der Waals surface area contributed by atoms with Crippen LogP contribution >= 0.6 is 0 Å². The molecule has 2 unspecified atom stereocenters. The lowest BCUT2D eigenvalue weighted by Crippen LogP contribution is -2.36. The standard InChI is InChI=1S/C20H25N3O2/c1-15(10-11-16-6-3-2-4-7-16)21-12-17(24)13-25-19-9-5-8-18-20(19)23-14-22-18/h2-9,14-15,17,21,24H,10-13H2,1H3,(H,22,23). The van der Waals surface area contributed by atoms with Crippen LogP contribution in [0.15, 0.2) is 54.9 Å². The van der Waals surface area contributed by atoms with Gasteiger partial charge in [-0.15, -0.1) is 0 Å². The highest BCUT2D eigenvalue weighted by molar-refractivity contribution is 5.80. The number of benzene rings is 2. The molecule has 25 heavy (non-hydrogen) atoms. The monoisotopic (exact) mass is 339 g/mol. The second-order valence-corrected chi connectivity index (χ2v) is 6.35. The van der Waals surface area contributed by atoms with Crippen LogP contribution in [0.2, 0.25) is 0 Å². The highest BCUT2D eigenvalue weighted by atomic mass is 16.5. The summed E-state index contributed by atoms with van der Waals surface area (Å²) in [6.45, 7) is 2.89. The molecule has 0 saturated heterocycles. The Morgan fingerprint density at radius 2 is 2.00 bits per heavy atom. The van der Waals surface area contributed by atoms with Gasteiger partial charge in [0.1, 0.15) is 24.0 Å². The quantitative estimate of drug-likeness (QED) is 0.561. The highest BCUT2D eigenvalue weighted by Gasteiger charge is 2.10. The number of imidazole rings is 1. The number of para-hydroxylation sites is 1. The molecule has 0 amide bonds. The van der Waals surface area contributed by atoms with E-state index in [1.807, 2.05) is 24.3 Å². The molecule has 2 atom stereocenters. The number of aliphatic hydroxyl groups excluding tert-OH is 1. The maximum absolute atomic E-state index is 10.2. The van der Waals surface area contributed by atoms with Crippen LogP contribution in [-0.2, 0) is 6.42 Å². The molecule has 132 valence electrons. The number of hydrogen-bond acceptors (Lipinski definition) is 4. The second kappa shape index (κ2) is 8.65. The molecule has 5 heteroatoms. The summed E-state index contributed by atoms with van der Waals surface area (Å²) in [5.41, 5.74) is 3.06. The Morgan fingerprint density at radius 3 is 2.84 bits per heavy atom. The molecule has 2 aromatic carbocycles. The number of rotatable bonds is 9. The molecule has 1 aromatic heterocycles. The Morgan fingerprint density at radius 1 is 1.16 bits per heavy atom. The zero-order valence-electron chi connectivity index (χ0n) is 14.5. The van der Waals surface area contributed by atoms with Gasteiger partial charge in [0.05, 0.1) is 11.8 Å². The van der Waals surface area contributed by atoms with Crippen LogP contribution in [0.25, 0.3) is 11.0 Å². The number of hydrogen-bond donors (Lipinski definition) is 3. The van der Waals surface area contributed by atoms with Crippen molar-refractivity contribution in [2.45, 2.75) is 31.9 Å². The number of aromatic nitrogens is 2. The van der Waals surface area contributed by atoms with Crippen LogP contribution in [0.4, 0.5) is 0 Å². The molecule has 0 aliphatic carbocycles. The fourth-order valence-electron chi connectivity index (χ4n) is 2.77. The number of fused-ring (bicyclic) bond motifs is 1. The average Bonchev–Trinajstić information content (AvgIpc) is 3.13. The topological polar surface area (TPSA) is 70.2 Å². The van der Waals surface area contributed by atoms with Crippen molar-refractivity contribution in [3.8, 4) is 5.75 Å². The minimum Gasteiger partial charge on any atom is -0.488 e. The molecule has 0 aliphatic rings. The Bertz CT molecular complexity index is 773. The molecule has 0 fully saturated rings. The summed E-state index contributed by atoms with van der Waals surface area (Å²) in [6, 6.07) is 16.5. The lowest BCUT2D eigenvalue weighted by molar-refractivity contribution is 0.104. The van der Waals surface area contributed by atoms with Gasteiger partial charge in [-0.3, -0.25) is 0 Å². The van der Waals surface area contributed by atoms with Crippen LogP contribution in [0.1, 0.15) is 18.9 Å². The first-order chi connectivity index (χ1) is 12.2. The number of ether oxygens (including phenoxy) is 1. The summed E-state index contributed by atoms with van der Waals surface area (Å²) in [5.74, 6) is 0.690. The van der Waals surface area contributed by atoms with Crippen molar-refractivity contribution in [1.82, 2.24) is 15.3 Å². The van der Waals surface area contributed by atoms with E-state index in [0.717, 1.165) is 23.9 Å². The fraction of sp³-hybridized carbons (Fsp3) is 0.350. The van der Waals surface area contributed by atoms with Gasteiger partial charge in [0.25, 0.3) is 0 Å². The van der Waals surface area contributed by atoms with E-state index in [-0.39, 0.29) is 6.61 Å². The van der Waals surface area contributed by atoms with Gasteiger partial charge < -0.3 is 20.1 Å². The molecule has 0 radical (unpaired) electrons. The number of aryl methyl sites for hydroxylation is 1. The number of aromatic amines is 1. The van der Waals surface area contributed by atoms with E-state index >= 15 is 0 Å². The van der Waals surface area contributed by atoms with Gasteiger partial charge in [-0.1, -0.05) is 36.4 Å². The van der Waals surface area contributed by atoms with Gasteiger partial charge in [-0.05, 0) is 37.5 Å². The van der Waals surface area contributed by atoms with E-state index in [0.29, 0.717) is 18.3 Å². The molecule has 0 saturated carbocycles. The van der Waals surface area contributed by atoms with E-state index in [9.17, 15) is 5.11 Å². The number of nitrogens with zero attached hydrogens (tertiary/aromatic N) is 1. The van der Waals surface area contributed by atoms with E-state index in [4.69, 9.17) is 4.74 Å². The number of H-pyrrole nitrogens is 1. The van der Waals surface area contributed by atoms with Crippen LogP contribution in [-0.4, -0.2) is 40.4 Å². The Kier molecular flexibility index (Phi) is 6.04. The van der Waals surface area contributed by atoms with Crippen molar-refractivity contribution in [3.05, 3.63) is 60.4 Å². The maximum Gasteiger partial charge on any atom is 0.147 e. The van der Waals surface area contributed by atoms with Crippen molar-refractivity contribution in [2.24, 2.45) is 0 Å². The second-order valence-electron chi connectivity index (χ2n) is 6.35. The Hall–Kier alpha value is -2.37. The normalized spacial score (nSPS) is 13.7. The van der Waals surface area contributed by atoms with E-state index in [1.165, 1.54) is 5.56 Å². The van der Waals surface area contributed by atoms with Gasteiger partial charge in [0, 0.05) is 12.6 Å². The summed E-state index contributed by atoms with van der Waals surface area (Å²) in [5, 5.41) is 13.5.